The fourth-order valence-corrected chi connectivity index (χ4v) is 3.80. The molecule has 0 fully saturated rings. The molecule has 3 nitrogen and oxygen atoms in total. The number of terminal acetylenes is 2. The monoisotopic (exact) mass is 606 g/mol. The minimum Gasteiger partial charge on any atom is -0.431 e. The Kier molecular flexibility index (Phi) is 11.1. The third-order valence-electron chi connectivity index (χ3n) is 4.49. The Bertz CT molecular complexity index is 1180. The van der Waals surface area contributed by atoms with Crippen molar-refractivity contribution in [1.29, 1.82) is 0 Å². The minimum atomic E-state index is -5.01. The van der Waals surface area contributed by atoms with Gasteiger partial charge < -0.3 is 9.84 Å². The number of rotatable bonds is 5. The first kappa shape index (κ1) is 32.8. The van der Waals surface area contributed by atoms with E-state index in [4.69, 9.17) is 59.3 Å². The zero-order valence-electron chi connectivity index (χ0n) is 18.6. The summed E-state index contributed by atoms with van der Waals surface area (Å²) in [6.45, 7) is 1.63. The van der Waals surface area contributed by atoms with Gasteiger partial charge in [0.25, 0.3) is 5.60 Å². The predicted molar refractivity (Wildman–Crippen MR) is 129 cm³/mol. The highest BCUT2D eigenvalue weighted by Gasteiger charge is 2.59. The first-order valence-electron chi connectivity index (χ1n) is 9.83. The van der Waals surface area contributed by atoms with Crippen LogP contribution in [-0.2, 0) is 20.7 Å². The number of carbonyl (C=O) groups is 1. The lowest BCUT2D eigenvalue weighted by molar-refractivity contribution is -0.253. The summed E-state index contributed by atoms with van der Waals surface area (Å²) in [6.07, 6.45) is -0.122. The summed E-state index contributed by atoms with van der Waals surface area (Å²) < 4.78 is 82.6. The maximum absolute atomic E-state index is 13.4. The first-order valence-corrected chi connectivity index (χ1v) is 11.3. The summed E-state index contributed by atoms with van der Waals surface area (Å²) >= 11 is 22.5. The van der Waals surface area contributed by atoms with E-state index in [2.05, 4.69) is 4.74 Å². The lowest BCUT2D eigenvalue weighted by atomic mass is 9.93. The molecule has 13 heteroatoms. The quantitative estimate of drug-likeness (QED) is 0.212. The molecule has 0 saturated heterocycles. The molecule has 0 bridgehead atoms. The second-order valence-corrected chi connectivity index (χ2v) is 8.96. The third-order valence-corrected chi connectivity index (χ3v) is 5.36. The van der Waals surface area contributed by atoms with Crippen LogP contribution in [0.2, 0.25) is 20.1 Å². The number of hydrogen-bond acceptors (Lipinski definition) is 3. The Hall–Kier alpha value is -2.27. The van der Waals surface area contributed by atoms with Crippen molar-refractivity contribution in [1.82, 2.24) is 0 Å². The summed E-state index contributed by atoms with van der Waals surface area (Å²) in [4.78, 5) is 11.5. The molecule has 0 aliphatic rings. The van der Waals surface area contributed by atoms with Crippen LogP contribution in [0, 0.1) is 24.7 Å². The van der Waals surface area contributed by atoms with Crippen molar-refractivity contribution in [2.24, 2.45) is 0 Å². The predicted octanol–water partition coefficient (Wildman–Crippen LogP) is 8.10. The molecule has 2 aromatic carbocycles. The lowest BCUT2D eigenvalue weighted by Crippen LogP contribution is -2.45. The van der Waals surface area contributed by atoms with E-state index in [0.717, 1.165) is 24.3 Å². The van der Waals surface area contributed by atoms with Crippen LogP contribution in [0.15, 0.2) is 36.4 Å². The van der Waals surface area contributed by atoms with Crippen LogP contribution < -0.4 is 0 Å². The maximum atomic E-state index is 13.4. The summed E-state index contributed by atoms with van der Waals surface area (Å²) in [7, 11) is 0. The standard InChI is InChI=1S/C14H11Cl2F3O2.C10H5Cl2F3O/c1-3-5-12(20)21-13(4-2,14(17,18)19)9-6-10(15)8-11(16)7-9;1-2-9(16,10(13,14)15)6-3-7(11)5-8(12)4-6/h2,6-8H,3,5H2,1H3;1,3-5,16H/t13-;9-/m01/s1. The average molecular weight is 608 g/mol. The first-order chi connectivity index (χ1) is 16.9. The van der Waals surface area contributed by atoms with Crippen molar-refractivity contribution in [3.05, 3.63) is 67.6 Å². The second kappa shape index (κ2) is 12.5. The second-order valence-electron chi connectivity index (χ2n) is 7.22. The number of ether oxygens (including phenoxy) is 1. The smallest absolute Gasteiger partial charge is 0.431 e. The van der Waals surface area contributed by atoms with Crippen molar-refractivity contribution >= 4 is 52.4 Å². The van der Waals surface area contributed by atoms with Gasteiger partial charge in [-0.3, -0.25) is 4.79 Å². The largest absolute Gasteiger partial charge is 0.445 e. The van der Waals surface area contributed by atoms with Crippen molar-refractivity contribution in [2.75, 3.05) is 0 Å². The zero-order chi connectivity index (χ0) is 28.8. The van der Waals surface area contributed by atoms with Gasteiger partial charge in [0, 0.05) is 37.6 Å². The van der Waals surface area contributed by atoms with Gasteiger partial charge in [-0.1, -0.05) is 59.2 Å². The van der Waals surface area contributed by atoms with Gasteiger partial charge >= 0.3 is 18.3 Å². The number of hydrogen-bond donors (Lipinski definition) is 1. The maximum Gasteiger partial charge on any atom is 0.445 e. The SMILES string of the molecule is C#C[C@@](O)(c1cc(Cl)cc(Cl)c1)C(F)(F)F.C#C[C@](OC(=O)CCC)(c1cc(Cl)cc(Cl)c1)C(F)(F)F. The molecule has 200 valence electrons. The average Bonchev–Trinajstić information content (AvgIpc) is 2.74. The highest BCUT2D eigenvalue weighted by Crippen LogP contribution is 2.44. The summed E-state index contributed by atoms with van der Waals surface area (Å²) in [5, 5.41) is 9.22. The molecular weight excluding hydrogens is 592 g/mol. The van der Waals surface area contributed by atoms with Crippen molar-refractivity contribution in [3.8, 4) is 24.7 Å². The molecule has 2 aromatic rings. The molecule has 1 N–H and O–H groups in total. The molecule has 37 heavy (non-hydrogen) atoms. The highest BCUT2D eigenvalue weighted by molar-refractivity contribution is 6.35. The van der Waals surface area contributed by atoms with Gasteiger partial charge in [-0.15, -0.1) is 12.8 Å². The van der Waals surface area contributed by atoms with Crippen LogP contribution in [0.25, 0.3) is 0 Å². The van der Waals surface area contributed by atoms with Crippen LogP contribution in [0.3, 0.4) is 0 Å². The Balaban J connectivity index is 0.000000384. The van der Waals surface area contributed by atoms with Crippen molar-refractivity contribution in [3.63, 3.8) is 0 Å². The molecule has 0 saturated carbocycles. The lowest BCUT2D eigenvalue weighted by Gasteiger charge is -2.31. The molecule has 0 radical (unpaired) electrons. The van der Waals surface area contributed by atoms with Crippen LogP contribution in [0.5, 0.6) is 0 Å². The molecule has 0 aliphatic heterocycles. The molecular formula is C24H16Cl4F6O3. The molecule has 2 atom stereocenters. The van der Waals surface area contributed by atoms with Gasteiger partial charge in [0.15, 0.2) is 0 Å². The van der Waals surface area contributed by atoms with Crippen LogP contribution in [0.4, 0.5) is 26.3 Å². The van der Waals surface area contributed by atoms with E-state index in [1.165, 1.54) is 24.0 Å². The van der Waals surface area contributed by atoms with Crippen molar-refractivity contribution in [2.45, 2.75) is 43.3 Å². The van der Waals surface area contributed by atoms with Gasteiger partial charge in [0.05, 0.1) is 0 Å². The highest BCUT2D eigenvalue weighted by atomic mass is 35.5. The fraction of sp³-hybridized carbons (Fsp3) is 0.292. The van der Waals surface area contributed by atoms with Gasteiger partial charge in [-0.05, 0) is 48.7 Å². The number of benzene rings is 2. The summed E-state index contributed by atoms with van der Waals surface area (Å²) in [5.74, 6) is 1.78. The summed E-state index contributed by atoms with van der Waals surface area (Å²) in [5.41, 5.74) is -7.70. The molecule has 0 unspecified atom stereocenters. The molecule has 0 spiro atoms. The zero-order valence-corrected chi connectivity index (χ0v) is 21.6. The van der Waals surface area contributed by atoms with E-state index in [-0.39, 0.29) is 26.5 Å². The Labute approximate surface area is 228 Å². The number of aliphatic hydroxyl groups is 1. The van der Waals surface area contributed by atoms with Crippen LogP contribution >= 0.6 is 46.4 Å². The summed E-state index contributed by atoms with van der Waals surface area (Å²) in [6, 6.07) is 6.26. The Morgan fingerprint density at radius 2 is 1.22 bits per heavy atom. The van der Waals surface area contributed by atoms with Crippen molar-refractivity contribution < 1.29 is 41.0 Å². The van der Waals surface area contributed by atoms with Crippen LogP contribution in [0.1, 0.15) is 30.9 Å². The van der Waals surface area contributed by atoms with E-state index in [0.29, 0.717) is 6.42 Å². The topological polar surface area (TPSA) is 46.5 Å². The van der Waals surface area contributed by atoms with E-state index in [9.17, 15) is 36.2 Å². The van der Waals surface area contributed by atoms with Gasteiger partial charge in [0.2, 0.25) is 5.60 Å². The Morgan fingerprint density at radius 3 is 1.51 bits per heavy atom. The van der Waals surface area contributed by atoms with E-state index >= 15 is 0 Å². The van der Waals surface area contributed by atoms with Gasteiger partial charge in [-0.25, -0.2) is 0 Å². The van der Waals surface area contributed by atoms with E-state index < -0.39 is 40.7 Å². The normalized spacial score (nSPS) is 14.6. The Morgan fingerprint density at radius 1 is 0.811 bits per heavy atom. The number of esters is 1. The number of halogens is 10. The van der Waals surface area contributed by atoms with Gasteiger partial charge in [0.1, 0.15) is 0 Å². The third kappa shape index (κ3) is 7.86. The van der Waals surface area contributed by atoms with E-state index in [1.54, 1.807) is 6.92 Å². The molecule has 0 aromatic heterocycles. The molecule has 0 heterocycles. The molecule has 0 amide bonds. The molecule has 2 rings (SSSR count). The fourth-order valence-electron chi connectivity index (χ4n) is 2.75. The van der Waals surface area contributed by atoms with E-state index in [1.807, 2.05) is 0 Å². The van der Waals surface area contributed by atoms with Gasteiger partial charge in [-0.2, -0.15) is 26.3 Å². The number of alkyl halides is 6. The van der Waals surface area contributed by atoms with Crippen LogP contribution in [-0.4, -0.2) is 23.4 Å². The number of carbonyl (C=O) groups excluding carboxylic acids is 1. The molecule has 0 aliphatic carbocycles. The minimum absolute atomic E-state index is 0.0413.